The van der Waals surface area contributed by atoms with Crippen LogP contribution in [0.1, 0.15) is 20.8 Å². The second kappa shape index (κ2) is 5.65. The van der Waals surface area contributed by atoms with Gasteiger partial charge in [0, 0.05) is 6.04 Å². The molecule has 0 aliphatic heterocycles. The first kappa shape index (κ1) is 13.5. The molecule has 1 aromatic carbocycles. The van der Waals surface area contributed by atoms with E-state index in [1.54, 1.807) is 25.1 Å². The number of nitrogens with zero attached hydrogens (tertiary/aromatic N) is 1. The molecule has 0 heterocycles. The topological polar surface area (TPSA) is 45.0 Å². The van der Waals surface area contributed by atoms with E-state index >= 15 is 0 Å². The molecule has 0 aliphatic rings. The Bertz CT molecular complexity index is 414. The molecule has 4 heteroatoms. The third kappa shape index (κ3) is 4.04. The van der Waals surface area contributed by atoms with Gasteiger partial charge in [-0.1, -0.05) is 12.1 Å². The van der Waals surface area contributed by atoms with Crippen molar-refractivity contribution in [3.8, 4) is 11.8 Å². The summed E-state index contributed by atoms with van der Waals surface area (Å²) in [5.74, 6) is -0.253. The molecule has 1 rings (SSSR count). The van der Waals surface area contributed by atoms with Gasteiger partial charge in [-0.25, -0.2) is 4.39 Å². The third-order valence-electron chi connectivity index (χ3n) is 2.21. The summed E-state index contributed by atoms with van der Waals surface area (Å²) in [4.78, 5) is 0. The van der Waals surface area contributed by atoms with Crippen LogP contribution >= 0.6 is 0 Å². The van der Waals surface area contributed by atoms with E-state index in [1.165, 1.54) is 6.07 Å². The Morgan fingerprint density at radius 3 is 2.65 bits per heavy atom. The van der Waals surface area contributed by atoms with E-state index in [1.807, 2.05) is 13.8 Å². The van der Waals surface area contributed by atoms with Crippen molar-refractivity contribution < 1.29 is 9.13 Å². The van der Waals surface area contributed by atoms with E-state index in [0.29, 0.717) is 0 Å². The van der Waals surface area contributed by atoms with Crippen molar-refractivity contribution in [2.24, 2.45) is 0 Å². The average Bonchev–Trinajstić information content (AvgIpc) is 2.27. The molecule has 92 valence electrons. The number of hydrogen-bond donors (Lipinski definition) is 1. The molecule has 0 saturated heterocycles. The maximum atomic E-state index is 13.3. The molecule has 0 bridgehead atoms. The van der Waals surface area contributed by atoms with Gasteiger partial charge in [-0.05, 0) is 32.9 Å². The molecule has 0 aromatic heterocycles. The van der Waals surface area contributed by atoms with Gasteiger partial charge in [0.05, 0.1) is 6.07 Å². The van der Waals surface area contributed by atoms with Crippen LogP contribution in [0.15, 0.2) is 24.3 Å². The molecule has 1 N–H and O–H groups in total. The van der Waals surface area contributed by atoms with Gasteiger partial charge >= 0.3 is 0 Å². The minimum atomic E-state index is -0.823. The summed E-state index contributed by atoms with van der Waals surface area (Å²) in [6.45, 7) is 5.72. The normalized spacial score (nSPS) is 14.1. The summed E-state index contributed by atoms with van der Waals surface area (Å²) in [6, 6.07) is 8.46. The first-order valence-electron chi connectivity index (χ1n) is 5.53. The van der Waals surface area contributed by atoms with Gasteiger partial charge < -0.3 is 4.74 Å². The summed E-state index contributed by atoms with van der Waals surface area (Å²) < 4.78 is 18.6. The van der Waals surface area contributed by atoms with E-state index in [4.69, 9.17) is 10.00 Å². The zero-order valence-corrected chi connectivity index (χ0v) is 10.3. The van der Waals surface area contributed by atoms with E-state index < -0.39 is 11.4 Å². The maximum absolute atomic E-state index is 13.3. The number of halogens is 1. The molecule has 0 saturated carbocycles. The highest BCUT2D eigenvalue weighted by Crippen LogP contribution is 2.17. The molecule has 17 heavy (non-hydrogen) atoms. The monoisotopic (exact) mass is 236 g/mol. The zero-order valence-electron chi connectivity index (χ0n) is 10.3. The van der Waals surface area contributed by atoms with Crippen molar-refractivity contribution in [2.75, 3.05) is 6.61 Å². The molecule has 1 aromatic rings. The summed E-state index contributed by atoms with van der Waals surface area (Å²) in [5.41, 5.74) is -0.823. The Morgan fingerprint density at radius 1 is 1.47 bits per heavy atom. The van der Waals surface area contributed by atoms with Crippen LogP contribution in [0.3, 0.4) is 0 Å². The number of hydrogen-bond acceptors (Lipinski definition) is 3. The van der Waals surface area contributed by atoms with E-state index in [0.717, 1.165) is 0 Å². The first-order valence-corrected chi connectivity index (χ1v) is 5.53. The van der Waals surface area contributed by atoms with Crippen molar-refractivity contribution >= 4 is 0 Å². The summed E-state index contributed by atoms with van der Waals surface area (Å²) in [7, 11) is 0. The smallest absolute Gasteiger partial charge is 0.165 e. The Balaban J connectivity index is 2.66. The molecular weight excluding hydrogens is 219 g/mol. The maximum Gasteiger partial charge on any atom is 0.165 e. The molecule has 0 spiro atoms. The number of ether oxygens (including phenoxy) is 1. The Labute approximate surface area is 101 Å². The molecule has 0 amide bonds. The van der Waals surface area contributed by atoms with Crippen LogP contribution < -0.4 is 10.1 Å². The van der Waals surface area contributed by atoms with Crippen molar-refractivity contribution in [1.82, 2.24) is 5.32 Å². The second-order valence-corrected chi connectivity index (χ2v) is 4.46. The van der Waals surface area contributed by atoms with Gasteiger partial charge in [-0.3, -0.25) is 5.32 Å². The molecular formula is C13H17FN2O. The predicted octanol–water partition coefficient (Wildman–Crippen LogP) is 2.48. The number of nitrogens with one attached hydrogen (secondary N) is 1. The van der Waals surface area contributed by atoms with Crippen molar-refractivity contribution in [2.45, 2.75) is 32.4 Å². The molecule has 1 atom stereocenters. The van der Waals surface area contributed by atoms with Gasteiger partial charge in [0.1, 0.15) is 12.1 Å². The molecule has 0 radical (unpaired) electrons. The van der Waals surface area contributed by atoms with Gasteiger partial charge in [-0.2, -0.15) is 5.26 Å². The summed E-state index contributed by atoms with van der Waals surface area (Å²) in [6.07, 6.45) is 0. The second-order valence-electron chi connectivity index (χ2n) is 4.46. The van der Waals surface area contributed by atoms with Crippen molar-refractivity contribution in [3.05, 3.63) is 30.1 Å². The zero-order chi connectivity index (χ0) is 12.9. The van der Waals surface area contributed by atoms with Crippen LogP contribution in [0.2, 0.25) is 0 Å². The minimum absolute atomic E-state index is 0.0998. The Morgan fingerprint density at radius 2 is 2.12 bits per heavy atom. The fraction of sp³-hybridized carbons (Fsp3) is 0.462. The molecule has 1 unspecified atom stereocenters. The standard InChI is InChI=1S/C13H17FN2O/c1-10(2)16-13(3,8-15)9-17-12-7-5-4-6-11(12)14/h4-7,10,16H,9H2,1-3H3. The Kier molecular flexibility index (Phi) is 4.47. The van der Waals surface area contributed by atoms with Gasteiger partial charge in [0.15, 0.2) is 11.6 Å². The lowest BCUT2D eigenvalue weighted by Gasteiger charge is -2.25. The van der Waals surface area contributed by atoms with Crippen LogP contribution in [0.25, 0.3) is 0 Å². The van der Waals surface area contributed by atoms with Gasteiger partial charge in [0.25, 0.3) is 0 Å². The van der Waals surface area contributed by atoms with Crippen LogP contribution in [-0.4, -0.2) is 18.2 Å². The van der Waals surface area contributed by atoms with Crippen molar-refractivity contribution in [3.63, 3.8) is 0 Å². The highest BCUT2D eigenvalue weighted by Gasteiger charge is 2.25. The minimum Gasteiger partial charge on any atom is -0.487 e. The number of nitriles is 1. The average molecular weight is 236 g/mol. The van der Waals surface area contributed by atoms with E-state index in [9.17, 15) is 4.39 Å². The lowest BCUT2D eigenvalue weighted by atomic mass is 10.1. The molecule has 0 fully saturated rings. The van der Waals surface area contributed by atoms with E-state index in [-0.39, 0.29) is 18.4 Å². The van der Waals surface area contributed by atoms with Crippen LogP contribution in [0.5, 0.6) is 5.75 Å². The third-order valence-corrected chi connectivity index (χ3v) is 2.21. The largest absolute Gasteiger partial charge is 0.487 e. The summed E-state index contributed by atoms with van der Waals surface area (Å²) in [5, 5.41) is 12.2. The van der Waals surface area contributed by atoms with Gasteiger partial charge in [0.2, 0.25) is 0 Å². The quantitative estimate of drug-likeness (QED) is 0.854. The number of rotatable bonds is 5. The number of para-hydroxylation sites is 1. The highest BCUT2D eigenvalue weighted by molar-refractivity contribution is 5.24. The van der Waals surface area contributed by atoms with Crippen LogP contribution in [-0.2, 0) is 0 Å². The lowest BCUT2D eigenvalue weighted by Crippen LogP contribution is -2.49. The summed E-state index contributed by atoms with van der Waals surface area (Å²) >= 11 is 0. The fourth-order valence-corrected chi connectivity index (χ4v) is 1.53. The predicted molar refractivity (Wildman–Crippen MR) is 64.2 cm³/mol. The first-order chi connectivity index (χ1) is 7.97. The Hall–Kier alpha value is -1.60. The van der Waals surface area contributed by atoms with Gasteiger partial charge in [-0.15, -0.1) is 0 Å². The van der Waals surface area contributed by atoms with Crippen LogP contribution in [0, 0.1) is 17.1 Å². The van der Waals surface area contributed by atoms with Crippen LogP contribution in [0.4, 0.5) is 4.39 Å². The molecule has 3 nitrogen and oxygen atoms in total. The van der Waals surface area contributed by atoms with Crippen molar-refractivity contribution in [1.29, 1.82) is 5.26 Å². The lowest BCUT2D eigenvalue weighted by molar-refractivity contribution is 0.217. The number of benzene rings is 1. The SMILES string of the molecule is CC(C)NC(C)(C#N)COc1ccccc1F. The molecule has 0 aliphatic carbocycles. The van der Waals surface area contributed by atoms with E-state index in [2.05, 4.69) is 11.4 Å². The fourth-order valence-electron chi connectivity index (χ4n) is 1.53. The highest BCUT2D eigenvalue weighted by atomic mass is 19.1.